The first kappa shape index (κ1) is 27.7. The number of nitrogens with zero attached hydrogens (tertiary/aromatic N) is 5. The zero-order valence-corrected chi connectivity index (χ0v) is 23.0. The predicted molar refractivity (Wildman–Crippen MR) is 148 cm³/mol. The quantitative estimate of drug-likeness (QED) is 0.150. The molecule has 4 rings (SSSR count). The maximum Gasteiger partial charge on any atom is 0.320 e. The number of rotatable bonds is 11. The fourth-order valence-corrected chi connectivity index (χ4v) is 4.66. The fourth-order valence-electron chi connectivity index (χ4n) is 4.26. The summed E-state index contributed by atoms with van der Waals surface area (Å²) in [4.78, 5) is 36.2. The van der Waals surface area contributed by atoms with Crippen LogP contribution < -0.4 is 10.1 Å². The Morgan fingerprint density at radius 2 is 1.92 bits per heavy atom. The van der Waals surface area contributed by atoms with E-state index in [9.17, 15) is 14.9 Å². The number of nitro benzene ring substituents is 1. The summed E-state index contributed by atoms with van der Waals surface area (Å²) in [7, 11) is 0. The molecule has 1 fully saturated rings. The molecule has 0 radical (unpaired) electrons. The number of benzene rings is 2. The molecule has 38 heavy (non-hydrogen) atoms. The van der Waals surface area contributed by atoms with Crippen LogP contribution in [0.4, 0.5) is 17.2 Å². The second kappa shape index (κ2) is 12.9. The van der Waals surface area contributed by atoms with Crippen molar-refractivity contribution in [3.8, 4) is 5.75 Å². The molecule has 3 aromatic rings. The number of fused-ring (bicyclic) bond motifs is 1. The summed E-state index contributed by atoms with van der Waals surface area (Å²) in [6.07, 6.45) is 2.02. The zero-order chi connectivity index (χ0) is 27.1. The Morgan fingerprint density at radius 1 is 1.16 bits per heavy atom. The largest absolute Gasteiger partial charge is 0.487 e. The average Bonchev–Trinajstić information content (AvgIpc) is 2.87. The number of nitrogens with one attached hydrogen (secondary N) is 1. The highest BCUT2D eigenvalue weighted by Crippen LogP contribution is 2.35. The first-order valence-corrected chi connectivity index (χ1v) is 13.3. The lowest BCUT2D eigenvalue weighted by atomic mass is 10.2. The maximum absolute atomic E-state index is 11.9. The molecule has 0 spiro atoms. The summed E-state index contributed by atoms with van der Waals surface area (Å²) in [6.45, 7) is 8.41. The smallest absolute Gasteiger partial charge is 0.320 e. The molecule has 1 aromatic heterocycles. The number of piperazine rings is 1. The van der Waals surface area contributed by atoms with E-state index in [1.165, 1.54) is 12.4 Å². The molecule has 2 heterocycles. The monoisotopic (exact) mass is 586 g/mol. The molecule has 0 amide bonds. The summed E-state index contributed by atoms with van der Waals surface area (Å²) < 4.78 is 12.0. The van der Waals surface area contributed by atoms with Gasteiger partial charge in [0.05, 0.1) is 35.1 Å². The van der Waals surface area contributed by atoms with Gasteiger partial charge < -0.3 is 19.7 Å². The van der Waals surface area contributed by atoms with Crippen LogP contribution in [0.25, 0.3) is 10.9 Å². The molecule has 0 saturated carbocycles. The molecule has 1 aliphatic rings. The highest BCUT2D eigenvalue weighted by molar-refractivity contribution is 9.10. The lowest BCUT2D eigenvalue weighted by Crippen LogP contribution is -2.48. The van der Waals surface area contributed by atoms with E-state index in [1.807, 2.05) is 38.1 Å². The van der Waals surface area contributed by atoms with Gasteiger partial charge in [-0.1, -0.05) is 22.0 Å². The van der Waals surface area contributed by atoms with E-state index in [1.54, 1.807) is 6.07 Å². The third-order valence-corrected chi connectivity index (χ3v) is 6.55. The number of carbonyl (C=O) groups is 1. The Bertz CT molecular complexity index is 1280. The normalized spacial score (nSPS) is 14.5. The number of halogens is 1. The van der Waals surface area contributed by atoms with Gasteiger partial charge in [0.2, 0.25) is 0 Å². The Hall–Kier alpha value is -3.35. The summed E-state index contributed by atoms with van der Waals surface area (Å²) in [5.41, 5.74) is 1.20. The van der Waals surface area contributed by atoms with Gasteiger partial charge in [-0.3, -0.25) is 19.8 Å². The molecule has 0 unspecified atom stereocenters. The van der Waals surface area contributed by atoms with E-state index >= 15 is 0 Å². The van der Waals surface area contributed by atoms with Crippen molar-refractivity contribution < 1.29 is 19.2 Å². The standard InChI is InChI=1S/C26H31BrN6O5/c1-18(2)38-25(34)16-32-10-8-31(9-11-32)7-4-12-37-24-15-22-21(14-23(24)33(35)36)26(29-17-28-22)30-20-6-3-5-19(27)13-20/h3,5-6,13-15,17-18H,4,7-12,16H2,1-2H3,(H,28,29,30). The molecule has 12 heteroatoms. The number of hydrogen-bond donors (Lipinski definition) is 1. The maximum atomic E-state index is 11.9. The van der Waals surface area contributed by atoms with Crippen LogP contribution in [0.1, 0.15) is 20.3 Å². The minimum absolute atomic E-state index is 0.106. The second-order valence-corrected chi connectivity index (χ2v) is 10.2. The second-order valence-electron chi connectivity index (χ2n) is 9.31. The van der Waals surface area contributed by atoms with Gasteiger partial charge in [-0.05, 0) is 38.5 Å². The highest BCUT2D eigenvalue weighted by Gasteiger charge is 2.21. The van der Waals surface area contributed by atoms with E-state index in [0.29, 0.717) is 36.3 Å². The van der Waals surface area contributed by atoms with Crippen LogP contribution in [0.5, 0.6) is 5.75 Å². The molecule has 1 N–H and O–H groups in total. The third-order valence-electron chi connectivity index (χ3n) is 6.06. The van der Waals surface area contributed by atoms with Crippen molar-refractivity contribution in [2.45, 2.75) is 26.4 Å². The number of ether oxygens (including phenoxy) is 2. The molecule has 0 atom stereocenters. The van der Waals surface area contributed by atoms with Gasteiger partial charge in [-0.15, -0.1) is 0 Å². The molecule has 0 bridgehead atoms. The molecule has 1 saturated heterocycles. The summed E-state index contributed by atoms with van der Waals surface area (Å²) in [6, 6.07) is 10.6. The molecular formula is C26H31BrN6O5. The van der Waals surface area contributed by atoms with Crippen molar-refractivity contribution in [3.05, 3.63) is 57.3 Å². The Morgan fingerprint density at radius 3 is 2.63 bits per heavy atom. The summed E-state index contributed by atoms with van der Waals surface area (Å²) in [5.74, 6) is 0.461. The Kier molecular flexibility index (Phi) is 9.43. The average molecular weight is 587 g/mol. The van der Waals surface area contributed by atoms with E-state index in [4.69, 9.17) is 9.47 Å². The molecule has 11 nitrogen and oxygen atoms in total. The Labute approximate surface area is 229 Å². The van der Waals surface area contributed by atoms with E-state index in [0.717, 1.165) is 42.9 Å². The van der Waals surface area contributed by atoms with Crippen LogP contribution >= 0.6 is 15.9 Å². The van der Waals surface area contributed by atoms with Crippen molar-refractivity contribution in [2.75, 3.05) is 51.2 Å². The van der Waals surface area contributed by atoms with E-state index in [-0.39, 0.29) is 23.5 Å². The van der Waals surface area contributed by atoms with Crippen molar-refractivity contribution >= 4 is 50.0 Å². The van der Waals surface area contributed by atoms with Crippen LogP contribution in [0.3, 0.4) is 0 Å². The molecule has 202 valence electrons. The number of aromatic nitrogens is 2. The molecular weight excluding hydrogens is 556 g/mol. The van der Waals surface area contributed by atoms with Crippen LogP contribution in [-0.2, 0) is 9.53 Å². The first-order chi connectivity index (χ1) is 18.3. The lowest BCUT2D eigenvalue weighted by molar-refractivity contribution is -0.385. The van der Waals surface area contributed by atoms with Crippen molar-refractivity contribution in [2.24, 2.45) is 0 Å². The molecule has 0 aliphatic carbocycles. The SMILES string of the molecule is CC(C)OC(=O)CN1CCN(CCCOc2cc3ncnc(Nc4cccc(Br)c4)c3cc2[N+](=O)[O-])CC1. The third kappa shape index (κ3) is 7.59. The fraction of sp³-hybridized carbons (Fsp3) is 0.423. The predicted octanol–water partition coefficient (Wildman–Crippen LogP) is 4.38. The van der Waals surface area contributed by atoms with Gasteiger partial charge in [-0.2, -0.15) is 0 Å². The summed E-state index contributed by atoms with van der Waals surface area (Å²) >= 11 is 3.44. The van der Waals surface area contributed by atoms with Gasteiger partial charge in [0.1, 0.15) is 12.1 Å². The highest BCUT2D eigenvalue weighted by atomic mass is 79.9. The number of nitro groups is 1. The van der Waals surface area contributed by atoms with Crippen molar-refractivity contribution in [3.63, 3.8) is 0 Å². The van der Waals surface area contributed by atoms with E-state index < -0.39 is 4.92 Å². The number of hydrogen-bond acceptors (Lipinski definition) is 10. The number of carbonyl (C=O) groups excluding carboxylic acids is 1. The minimum atomic E-state index is -0.450. The van der Waals surface area contributed by atoms with Crippen LogP contribution in [0.2, 0.25) is 0 Å². The Balaban J connectivity index is 1.33. The van der Waals surface area contributed by atoms with Crippen molar-refractivity contribution in [1.82, 2.24) is 19.8 Å². The van der Waals surface area contributed by atoms with Gasteiger partial charge in [0, 0.05) is 55.0 Å². The van der Waals surface area contributed by atoms with Crippen LogP contribution in [-0.4, -0.2) is 82.6 Å². The van der Waals surface area contributed by atoms with Crippen molar-refractivity contribution in [1.29, 1.82) is 0 Å². The van der Waals surface area contributed by atoms with Crippen LogP contribution in [0, 0.1) is 10.1 Å². The molecule has 2 aromatic carbocycles. The lowest BCUT2D eigenvalue weighted by Gasteiger charge is -2.34. The van der Waals surface area contributed by atoms with Gasteiger partial charge >= 0.3 is 11.7 Å². The van der Waals surface area contributed by atoms with Gasteiger partial charge in [0.15, 0.2) is 5.75 Å². The van der Waals surface area contributed by atoms with Gasteiger partial charge in [-0.25, -0.2) is 9.97 Å². The summed E-state index contributed by atoms with van der Waals surface area (Å²) in [5, 5.41) is 15.6. The topological polar surface area (TPSA) is 123 Å². The zero-order valence-electron chi connectivity index (χ0n) is 21.4. The molecule has 1 aliphatic heterocycles. The minimum Gasteiger partial charge on any atom is -0.487 e. The van der Waals surface area contributed by atoms with Gasteiger partial charge in [0.25, 0.3) is 0 Å². The number of anilines is 2. The van der Waals surface area contributed by atoms with Crippen LogP contribution in [0.15, 0.2) is 47.2 Å². The first-order valence-electron chi connectivity index (χ1n) is 12.5. The number of esters is 1. The van der Waals surface area contributed by atoms with E-state index in [2.05, 4.69) is 41.0 Å².